The van der Waals surface area contributed by atoms with Gasteiger partial charge in [-0.05, 0) is 25.7 Å². The van der Waals surface area contributed by atoms with Crippen LogP contribution in [0.4, 0.5) is 0 Å². The first-order chi connectivity index (χ1) is 8.20. The second-order valence-electron chi connectivity index (χ2n) is 4.48. The van der Waals surface area contributed by atoms with Crippen LogP contribution in [0.25, 0.3) is 0 Å². The van der Waals surface area contributed by atoms with Gasteiger partial charge in [-0.3, -0.25) is 9.59 Å². The number of esters is 2. The summed E-state index contributed by atoms with van der Waals surface area (Å²) in [5.74, 6) is -1.04. The van der Waals surface area contributed by atoms with Crippen LogP contribution in [0.15, 0.2) is 0 Å². The van der Waals surface area contributed by atoms with Crippen molar-refractivity contribution >= 4 is 11.9 Å². The lowest BCUT2D eigenvalue weighted by Crippen LogP contribution is -2.28. The molecule has 1 aliphatic carbocycles. The van der Waals surface area contributed by atoms with Gasteiger partial charge in [-0.15, -0.1) is 0 Å². The van der Waals surface area contributed by atoms with E-state index in [2.05, 4.69) is 0 Å². The lowest BCUT2D eigenvalue weighted by atomic mass is 9.96. The molecule has 1 fully saturated rings. The average Bonchev–Trinajstić information content (AvgIpc) is 2.82. The Morgan fingerprint density at radius 1 is 0.941 bits per heavy atom. The molecule has 2 atom stereocenters. The summed E-state index contributed by atoms with van der Waals surface area (Å²) in [5.41, 5.74) is 0. The largest absolute Gasteiger partial charge is 0.465 e. The van der Waals surface area contributed by atoms with Gasteiger partial charge in [0.15, 0.2) is 0 Å². The van der Waals surface area contributed by atoms with E-state index in [1.807, 2.05) is 13.8 Å². The minimum absolute atomic E-state index is 0.234. The SMILES string of the molecule is CCCOC(=O)C1CCCC1C(=O)OCCC. The fourth-order valence-corrected chi connectivity index (χ4v) is 2.14. The van der Waals surface area contributed by atoms with Crippen molar-refractivity contribution in [3.63, 3.8) is 0 Å². The van der Waals surface area contributed by atoms with E-state index in [1.165, 1.54) is 0 Å². The number of hydrogen-bond acceptors (Lipinski definition) is 4. The van der Waals surface area contributed by atoms with Crippen LogP contribution in [-0.4, -0.2) is 25.2 Å². The van der Waals surface area contributed by atoms with Gasteiger partial charge in [-0.2, -0.15) is 0 Å². The zero-order valence-corrected chi connectivity index (χ0v) is 10.7. The quantitative estimate of drug-likeness (QED) is 0.671. The van der Waals surface area contributed by atoms with Crippen molar-refractivity contribution < 1.29 is 19.1 Å². The molecule has 0 aromatic carbocycles. The number of carbonyl (C=O) groups is 2. The number of ether oxygens (including phenoxy) is 2. The van der Waals surface area contributed by atoms with Crippen LogP contribution < -0.4 is 0 Å². The maximum absolute atomic E-state index is 11.8. The van der Waals surface area contributed by atoms with Crippen LogP contribution in [0.2, 0.25) is 0 Å². The van der Waals surface area contributed by atoms with Gasteiger partial charge in [0.05, 0.1) is 25.0 Å². The van der Waals surface area contributed by atoms with E-state index in [-0.39, 0.29) is 23.8 Å². The highest BCUT2D eigenvalue weighted by Crippen LogP contribution is 2.33. The summed E-state index contributed by atoms with van der Waals surface area (Å²) in [6.07, 6.45) is 4.01. The molecule has 0 aliphatic heterocycles. The molecule has 0 amide bonds. The van der Waals surface area contributed by atoms with Crippen LogP contribution in [0.3, 0.4) is 0 Å². The second-order valence-corrected chi connectivity index (χ2v) is 4.48. The van der Waals surface area contributed by atoms with Gasteiger partial charge in [-0.1, -0.05) is 20.3 Å². The first-order valence-electron chi connectivity index (χ1n) is 6.54. The Morgan fingerprint density at radius 2 is 1.35 bits per heavy atom. The molecular formula is C13H22O4. The van der Waals surface area contributed by atoms with Gasteiger partial charge in [0, 0.05) is 0 Å². The van der Waals surface area contributed by atoms with Gasteiger partial charge < -0.3 is 9.47 Å². The van der Waals surface area contributed by atoms with Crippen molar-refractivity contribution in [2.75, 3.05) is 13.2 Å². The predicted molar refractivity (Wildman–Crippen MR) is 63.3 cm³/mol. The van der Waals surface area contributed by atoms with E-state index in [0.717, 1.165) is 32.1 Å². The normalized spacial score (nSPS) is 23.4. The van der Waals surface area contributed by atoms with Gasteiger partial charge in [0.2, 0.25) is 0 Å². The molecule has 0 radical (unpaired) electrons. The monoisotopic (exact) mass is 242 g/mol. The Hall–Kier alpha value is -1.06. The summed E-state index contributed by atoms with van der Waals surface area (Å²) in [6.45, 7) is 4.78. The first-order valence-corrected chi connectivity index (χ1v) is 6.54. The lowest BCUT2D eigenvalue weighted by Gasteiger charge is -2.17. The molecule has 1 aliphatic rings. The molecule has 1 saturated carbocycles. The molecule has 4 nitrogen and oxygen atoms in total. The molecule has 0 aromatic rings. The summed E-state index contributed by atoms with van der Waals surface area (Å²) in [7, 11) is 0. The zero-order valence-electron chi connectivity index (χ0n) is 10.7. The van der Waals surface area contributed by atoms with Crippen molar-refractivity contribution in [2.45, 2.75) is 46.0 Å². The molecule has 0 aromatic heterocycles. The summed E-state index contributed by atoms with van der Waals surface area (Å²) in [6, 6.07) is 0. The van der Waals surface area contributed by atoms with Gasteiger partial charge in [-0.25, -0.2) is 0 Å². The maximum atomic E-state index is 11.8. The van der Waals surface area contributed by atoms with Crippen LogP contribution >= 0.6 is 0 Å². The predicted octanol–water partition coefficient (Wildman–Crippen LogP) is 2.31. The summed E-state index contributed by atoms with van der Waals surface area (Å²) >= 11 is 0. The Kier molecular flexibility index (Phi) is 6.01. The molecule has 0 heterocycles. The summed E-state index contributed by atoms with van der Waals surface area (Å²) in [5, 5.41) is 0. The Balaban J connectivity index is 2.47. The highest BCUT2D eigenvalue weighted by Gasteiger charge is 2.39. The van der Waals surface area contributed by atoms with Crippen LogP contribution in [0, 0.1) is 11.8 Å². The minimum Gasteiger partial charge on any atom is -0.465 e. The standard InChI is InChI=1S/C13H22O4/c1-3-8-16-12(14)10-6-5-7-11(10)13(15)17-9-4-2/h10-11H,3-9H2,1-2H3. The fourth-order valence-electron chi connectivity index (χ4n) is 2.14. The third kappa shape index (κ3) is 4.02. The topological polar surface area (TPSA) is 52.6 Å². The van der Waals surface area contributed by atoms with Crippen LogP contribution in [0.1, 0.15) is 46.0 Å². The van der Waals surface area contributed by atoms with E-state index in [9.17, 15) is 9.59 Å². The Labute approximate surface area is 103 Å². The van der Waals surface area contributed by atoms with E-state index in [0.29, 0.717) is 13.2 Å². The fraction of sp³-hybridized carbons (Fsp3) is 0.846. The van der Waals surface area contributed by atoms with E-state index >= 15 is 0 Å². The molecule has 4 heteroatoms. The third-order valence-electron chi connectivity index (χ3n) is 3.02. The third-order valence-corrected chi connectivity index (χ3v) is 3.02. The molecule has 17 heavy (non-hydrogen) atoms. The van der Waals surface area contributed by atoms with Crippen molar-refractivity contribution in [3.05, 3.63) is 0 Å². The molecule has 1 rings (SSSR count). The van der Waals surface area contributed by atoms with Gasteiger partial charge in [0.25, 0.3) is 0 Å². The van der Waals surface area contributed by atoms with E-state index in [1.54, 1.807) is 0 Å². The molecule has 98 valence electrons. The van der Waals surface area contributed by atoms with Crippen LogP contribution in [0.5, 0.6) is 0 Å². The molecule has 0 spiro atoms. The number of rotatable bonds is 6. The Morgan fingerprint density at radius 3 is 1.71 bits per heavy atom. The summed E-state index contributed by atoms with van der Waals surface area (Å²) < 4.78 is 10.2. The molecule has 2 unspecified atom stereocenters. The van der Waals surface area contributed by atoms with Crippen molar-refractivity contribution in [1.82, 2.24) is 0 Å². The van der Waals surface area contributed by atoms with Crippen molar-refractivity contribution in [2.24, 2.45) is 11.8 Å². The smallest absolute Gasteiger partial charge is 0.309 e. The van der Waals surface area contributed by atoms with Crippen LogP contribution in [-0.2, 0) is 19.1 Å². The zero-order chi connectivity index (χ0) is 12.7. The molecule has 0 bridgehead atoms. The first kappa shape index (κ1) is 14.0. The highest BCUT2D eigenvalue weighted by molar-refractivity contribution is 5.82. The van der Waals surface area contributed by atoms with Gasteiger partial charge >= 0.3 is 11.9 Å². The van der Waals surface area contributed by atoms with Gasteiger partial charge in [0.1, 0.15) is 0 Å². The summed E-state index contributed by atoms with van der Waals surface area (Å²) in [4.78, 5) is 23.5. The number of hydrogen-bond donors (Lipinski definition) is 0. The molecular weight excluding hydrogens is 220 g/mol. The number of carbonyl (C=O) groups excluding carboxylic acids is 2. The van der Waals surface area contributed by atoms with Crippen molar-refractivity contribution in [3.8, 4) is 0 Å². The van der Waals surface area contributed by atoms with Crippen molar-refractivity contribution in [1.29, 1.82) is 0 Å². The average molecular weight is 242 g/mol. The maximum Gasteiger partial charge on any atom is 0.309 e. The molecule has 0 N–H and O–H groups in total. The van der Waals surface area contributed by atoms with E-state index < -0.39 is 0 Å². The Bertz CT molecular complexity index is 236. The lowest BCUT2D eigenvalue weighted by molar-refractivity contribution is -0.159. The minimum atomic E-state index is -0.286. The highest BCUT2D eigenvalue weighted by atomic mass is 16.5. The molecule has 0 saturated heterocycles. The second kappa shape index (κ2) is 7.30. The van der Waals surface area contributed by atoms with E-state index in [4.69, 9.17) is 9.47 Å².